The van der Waals surface area contributed by atoms with Crippen LogP contribution in [0.4, 0.5) is 11.6 Å². The van der Waals surface area contributed by atoms with Crippen molar-refractivity contribution in [3.8, 4) is 0 Å². The van der Waals surface area contributed by atoms with Crippen LogP contribution < -0.4 is 16.1 Å². The highest BCUT2D eigenvalue weighted by atomic mass is 35.5. The summed E-state index contributed by atoms with van der Waals surface area (Å²) in [4.78, 5) is 35.3. The minimum absolute atomic E-state index is 0.283. The van der Waals surface area contributed by atoms with E-state index in [-0.39, 0.29) is 11.2 Å². The van der Waals surface area contributed by atoms with Gasteiger partial charge < -0.3 is 14.2 Å². The third-order valence-corrected chi connectivity index (χ3v) is 6.44. The number of benzene rings is 1. The summed E-state index contributed by atoms with van der Waals surface area (Å²) in [5, 5.41) is 0.646. The molecule has 1 fully saturated rings. The Morgan fingerprint density at radius 3 is 2.65 bits per heavy atom. The lowest BCUT2D eigenvalue weighted by molar-refractivity contribution is 0.0361. The average Bonchev–Trinajstić information content (AvgIpc) is 3.34. The van der Waals surface area contributed by atoms with Crippen molar-refractivity contribution in [1.82, 2.24) is 23.6 Å². The Hall–Kier alpha value is -2.62. The molecule has 0 atom stereocenters. The number of imidazole rings is 1. The molecule has 5 rings (SSSR count). The van der Waals surface area contributed by atoms with Crippen LogP contribution in [0, 0.1) is 6.92 Å². The van der Waals surface area contributed by atoms with Crippen molar-refractivity contribution >= 4 is 34.4 Å². The van der Waals surface area contributed by atoms with Gasteiger partial charge in [0.2, 0.25) is 5.95 Å². The first-order chi connectivity index (χ1) is 15.0. The number of halogens is 1. The van der Waals surface area contributed by atoms with Crippen LogP contribution in [0.3, 0.4) is 0 Å². The van der Waals surface area contributed by atoms with Crippen LogP contribution in [-0.2, 0) is 24.9 Å². The van der Waals surface area contributed by atoms with Crippen molar-refractivity contribution in [1.29, 1.82) is 0 Å². The van der Waals surface area contributed by atoms with E-state index in [1.54, 1.807) is 7.05 Å². The maximum absolute atomic E-state index is 13.4. The Morgan fingerprint density at radius 2 is 1.87 bits per heavy atom. The van der Waals surface area contributed by atoms with E-state index in [1.165, 1.54) is 9.13 Å². The fourth-order valence-electron chi connectivity index (χ4n) is 4.44. The molecule has 4 heterocycles. The zero-order valence-electron chi connectivity index (χ0n) is 17.7. The fourth-order valence-corrected chi connectivity index (χ4v) is 4.61. The molecule has 1 saturated heterocycles. The van der Waals surface area contributed by atoms with Crippen molar-refractivity contribution in [2.24, 2.45) is 7.05 Å². The first-order valence-electron chi connectivity index (χ1n) is 10.5. The van der Waals surface area contributed by atoms with E-state index in [1.807, 2.05) is 29.7 Å². The van der Waals surface area contributed by atoms with E-state index >= 15 is 0 Å². The Bertz CT molecular complexity index is 1270. The number of morpholine rings is 1. The second-order valence-corrected chi connectivity index (χ2v) is 8.51. The first-order valence-corrected chi connectivity index (χ1v) is 10.9. The average molecular weight is 445 g/mol. The lowest BCUT2D eigenvalue weighted by Crippen LogP contribution is -2.44. The molecule has 2 aliphatic heterocycles. The zero-order chi connectivity index (χ0) is 21.7. The standard InChI is InChI=1S/C21H25ClN6O3/c1-14-3-4-15(22)13-16(14)26-7-8-27-17-18(23-20(26)27)24(2)21(30)28(19(17)29)6-5-25-9-11-31-12-10-25/h3-4,13H,5-12H2,1-2H3. The van der Waals surface area contributed by atoms with Crippen LogP contribution >= 0.6 is 11.6 Å². The van der Waals surface area contributed by atoms with Crippen molar-refractivity contribution in [3.63, 3.8) is 0 Å². The minimum Gasteiger partial charge on any atom is -0.379 e. The summed E-state index contributed by atoms with van der Waals surface area (Å²) in [6.07, 6.45) is 0. The number of aryl methyl sites for hydroxylation is 2. The van der Waals surface area contributed by atoms with Gasteiger partial charge in [0, 0.05) is 57.0 Å². The number of fused-ring (bicyclic) bond motifs is 3. The molecule has 31 heavy (non-hydrogen) atoms. The fraction of sp³-hybridized carbons (Fsp3) is 0.476. The van der Waals surface area contributed by atoms with Gasteiger partial charge in [-0.1, -0.05) is 17.7 Å². The monoisotopic (exact) mass is 444 g/mol. The van der Waals surface area contributed by atoms with Gasteiger partial charge in [0.25, 0.3) is 5.56 Å². The molecule has 0 saturated carbocycles. The predicted molar refractivity (Wildman–Crippen MR) is 120 cm³/mol. The van der Waals surface area contributed by atoms with Gasteiger partial charge in [-0.3, -0.25) is 18.8 Å². The van der Waals surface area contributed by atoms with Gasteiger partial charge in [-0.25, -0.2) is 4.79 Å². The van der Waals surface area contributed by atoms with E-state index in [2.05, 4.69) is 9.80 Å². The van der Waals surface area contributed by atoms with Crippen molar-refractivity contribution < 1.29 is 4.74 Å². The Kier molecular flexibility index (Phi) is 5.11. The third-order valence-electron chi connectivity index (χ3n) is 6.21. The quantitative estimate of drug-likeness (QED) is 0.604. The third kappa shape index (κ3) is 3.37. The highest BCUT2D eigenvalue weighted by Crippen LogP contribution is 2.34. The van der Waals surface area contributed by atoms with Crippen LogP contribution in [-0.4, -0.2) is 63.0 Å². The molecule has 9 nitrogen and oxygen atoms in total. The number of hydrogen-bond acceptors (Lipinski definition) is 6. The first kappa shape index (κ1) is 20.3. The topological polar surface area (TPSA) is 77.5 Å². The number of aromatic nitrogens is 4. The Morgan fingerprint density at radius 1 is 1.10 bits per heavy atom. The Labute approximate surface area is 184 Å². The maximum Gasteiger partial charge on any atom is 0.332 e. The number of anilines is 2. The summed E-state index contributed by atoms with van der Waals surface area (Å²) in [6.45, 7) is 7.30. The van der Waals surface area contributed by atoms with Gasteiger partial charge in [-0.2, -0.15) is 4.98 Å². The molecule has 0 N–H and O–H groups in total. The van der Waals surface area contributed by atoms with Gasteiger partial charge in [-0.05, 0) is 24.6 Å². The molecular formula is C21H25ClN6O3. The predicted octanol–water partition coefficient (Wildman–Crippen LogP) is 1.34. The number of hydrogen-bond donors (Lipinski definition) is 0. The SMILES string of the molecule is Cc1ccc(Cl)cc1N1CCn2c1nc1c2c(=O)n(CCN2CCOCC2)c(=O)n1C. The van der Waals surface area contributed by atoms with E-state index in [0.29, 0.717) is 61.5 Å². The van der Waals surface area contributed by atoms with Crippen molar-refractivity contribution in [3.05, 3.63) is 49.6 Å². The molecule has 2 aromatic heterocycles. The minimum atomic E-state index is -0.340. The van der Waals surface area contributed by atoms with Gasteiger partial charge in [-0.15, -0.1) is 0 Å². The molecule has 0 spiro atoms. The largest absolute Gasteiger partial charge is 0.379 e. The van der Waals surface area contributed by atoms with Crippen molar-refractivity contribution in [2.45, 2.75) is 20.0 Å². The second kappa shape index (κ2) is 7.81. The van der Waals surface area contributed by atoms with Crippen LogP contribution in [0.1, 0.15) is 5.56 Å². The van der Waals surface area contributed by atoms with Gasteiger partial charge in [0.15, 0.2) is 11.2 Å². The molecule has 10 heteroatoms. The molecule has 0 unspecified atom stereocenters. The highest BCUT2D eigenvalue weighted by molar-refractivity contribution is 6.30. The molecule has 164 valence electrons. The molecular weight excluding hydrogens is 420 g/mol. The lowest BCUT2D eigenvalue weighted by atomic mass is 10.2. The number of rotatable bonds is 4. The molecule has 0 radical (unpaired) electrons. The summed E-state index contributed by atoms with van der Waals surface area (Å²) in [6, 6.07) is 5.74. The van der Waals surface area contributed by atoms with E-state index in [4.69, 9.17) is 21.3 Å². The smallest absolute Gasteiger partial charge is 0.332 e. The van der Waals surface area contributed by atoms with Gasteiger partial charge >= 0.3 is 5.69 Å². The van der Waals surface area contributed by atoms with Gasteiger partial charge in [0.1, 0.15) is 0 Å². The zero-order valence-corrected chi connectivity index (χ0v) is 18.4. The molecule has 2 aliphatic rings. The lowest BCUT2D eigenvalue weighted by Gasteiger charge is -2.26. The molecule has 0 amide bonds. The van der Waals surface area contributed by atoms with E-state index in [0.717, 1.165) is 24.3 Å². The summed E-state index contributed by atoms with van der Waals surface area (Å²) in [5.41, 5.74) is 2.29. The van der Waals surface area contributed by atoms with Gasteiger partial charge in [0.05, 0.1) is 13.2 Å². The molecule has 3 aromatic rings. The molecule has 1 aromatic carbocycles. The van der Waals surface area contributed by atoms with Crippen LogP contribution in [0.5, 0.6) is 0 Å². The maximum atomic E-state index is 13.4. The summed E-state index contributed by atoms with van der Waals surface area (Å²) in [7, 11) is 1.67. The number of nitrogens with zero attached hydrogens (tertiary/aromatic N) is 6. The van der Waals surface area contributed by atoms with E-state index < -0.39 is 0 Å². The summed E-state index contributed by atoms with van der Waals surface area (Å²) in [5.74, 6) is 0.665. The molecule has 0 bridgehead atoms. The van der Waals surface area contributed by atoms with Crippen LogP contribution in [0.25, 0.3) is 11.2 Å². The normalized spacial score (nSPS) is 16.9. The summed E-state index contributed by atoms with van der Waals surface area (Å²) >= 11 is 6.23. The molecule has 0 aliphatic carbocycles. The second-order valence-electron chi connectivity index (χ2n) is 8.07. The highest BCUT2D eigenvalue weighted by Gasteiger charge is 2.29. The van der Waals surface area contributed by atoms with E-state index in [9.17, 15) is 9.59 Å². The van der Waals surface area contributed by atoms with Crippen LogP contribution in [0.15, 0.2) is 27.8 Å². The Balaban J connectivity index is 1.57. The van der Waals surface area contributed by atoms with Crippen LogP contribution in [0.2, 0.25) is 5.02 Å². The number of ether oxygens (including phenoxy) is 1. The summed E-state index contributed by atoms with van der Waals surface area (Å²) < 4.78 is 10.1. The van der Waals surface area contributed by atoms with Crippen molar-refractivity contribution in [2.75, 3.05) is 44.3 Å².